The summed E-state index contributed by atoms with van der Waals surface area (Å²) in [4.78, 5) is 17.2. The van der Waals surface area contributed by atoms with E-state index in [1.54, 1.807) is 0 Å². The summed E-state index contributed by atoms with van der Waals surface area (Å²) in [7, 11) is 0. The molecule has 0 bridgehead atoms. The molecule has 2 aromatic heterocycles. The molecule has 2 aromatic rings. The Hall–Kier alpha value is -1.89. The average Bonchev–Trinajstić information content (AvgIpc) is 2.35. The minimum atomic E-state index is 0.242. The molecule has 0 atom stereocenters. The Morgan fingerprint density at radius 1 is 1.10 bits per heavy atom. The van der Waals surface area contributed by atoms with Crippen LogP contribution in [0.5, 0.6) is 0 Å². The number of nitrogens with zero attached hydrogens (tertiary/aromatic N) is 4. The zero-order valence-electron chi connectivity index (χ0n) is 12.1. The molecule has 0 saturated heterocycles. The van der Waals surface area contributed by atoms with E-state index in [0.29, 0.717) is 11.0 Å². The molecule has 0 amide bonds. The molecule has 0 radical (unpaired) electrons. The van der Waals surface area contributed by atoms with E-state index >= 15 is 0 Å². The zero-order chi connectivity index (χ0) is 14.7. The molecule has 106 valence electrons. The van der Waals surface area contributed by atoms with Crippen LogP contribution in [0.15, 0.2) is 16.2 Å². The van der Waals surface area contributed by atoms with Gasteiger partial charge in [-0.1, -0.05) is 0 Å². The third kappa shape index (κ3) is 3.36. The van der Waals surface area contributed by atoms with Crippen molar-refractivity contribution in [2.24, 2.45) is 0 Å². The van der Waals surface area contributed by atoms with E-state index in [2.05, 4.69) is 25.3 Å². The van der Waals surface area contributed by atoms with E-state index in [0.717, 1.165) is 28.5 Å². The number of hydrogen-bond donors (Lipinski definition) is 2. The van der Waals surface area contributed by atoms with Crippen molar-refractivity contribution in [3.63, 3.8) is 0 Å². The lowest BCUT2D eigenvalue weighted by molar-refractivity contribution is 0.877. The molecule has 2 rings (SSSR count). The fraction of sp³-hybridized carbons (Fsp3) is 0.385. The van der Waals surface area contributed by atoms with Gasteiger partial charge < -0.3 is 11.1 Å². The first-order valence-corrected chi connectivity index (χ1v) is 7.19. The summed E-state index contributed by atoms with van der Waals surface area (Å²) in [5, 5.41) is 4.53. The molecular weight excluding hydrogens is 272 g/mol. The van der Waals surface area contributed by atoms with E-state index in [1.807, 2.05) is 33.8 Å². The van der Waals surface area contributed by atoms with Crippen molar-refractivity contribution in [1.82, 2.24) is 19.9 Å². The molecule has 0 aliphatic carbocycles. The van der Waals surface area contributed by atoms with Gasteiger partial charge >= 0.3 is 0 Å². The lowest BCUT2D eigenvalue weighted by Crippen LogP contribution is -2.04. The van der Waals surface area contributed by atoms with Crippen LogP contribution in [0.25, 0.3) is 0 Å². The van der Waals surface area contributed by atoms with Gasteiger partial charge in [0.2, 0.25) is 5.95 Å². The molecule has 2 heterocycles. The Balaban J connectivity index is 2.30. The van der Waals surface area contributed by atoms with Crippen molar-refractivity contribution in [1.29, 1.82) is 0 Å². The van der Waals surface area contributed by atoms with Gasteiger partial charge in [-0.2, -0.15) is 4.98 Å². The van der Waals surface area contributed by atoms with Crippen molar-refractivity contribution < 1.29 is 0 Å². The summed E-state index contributed by atoms with van der Waals surface area (Å²) in [5.41, 5.74) is 8.79. The van der Waals surface area contributed by atoms with E-state index in [9.17, 15) is 0 Å². The number of nitrogens with two attached hydrogens (primary N) is 1. The maximum Gasteiger partial charge on any atom is 0.223 e. The first kappa shape index (κ1) is 14.5. The summed E-state index contributed by atoms with van der Waals surface area (Å²) in [6.07, 6.45) is 0. The van der Waals surface area contributed by atoms with Crippen LogP contribution in [-0.2, 0) is 0 Å². The second kappa shape index (κ2) is 6.04. The highest BCUT2D eigenvalue weighted by molar-refractivity contribution is 7.99. The van der Waals surface area contributed by atoms with Gasteiger partial charge in [-0.25, -0.2) is 15.0 Å². The van der Waals surface area contributed by atoms with E-state index in [-0.39, 0.29) is 5.95 Å². The molecule has 0 spiro atoms. The fourth-order valence-electron chi connectivity index (χ4n) is 1.65. The Morgan fingerprint density at radius 2 is 1.75 bits per heavy atom. The number of nitrogens with one attached hydrogen (secondary N) is 1. The number of aryl methyl sites for hydroxylation is 2. The molecule has 0 aliphatic rings. The van der Waals surface area contributed by atoms with Gasteiger partial charge in [-0.05, 0) is 45.0 Å². The van der Waals surface area contributed by atoms with Crippen LogP contribution in [0.3, 0.4) is 0 Å². The monoisotopic (exact) mass is 290 g/mol. The predicted octanol–water partition coefficient (Wildman–Crippen LogP) is 2.36. The van der Waals surface area contributed by atoms with Gasteiger partial charge in [-0.3, -0.25) is 0 Å². The molecule has 0 saturated carbocycles. The van der Waals surface area contributed by atoms with Crippen LogP contribution < -0.4 is 11.1 Å². The molecule has 7 heteroatoms. The lowest BCUT2D eigenvalue weighted by atomic mass is 10.2. The summed E-state index contributed by atoms with van der Waals surface area (Å²) in [6, 6.07) is 1.85. The molecule has 0 unspecified atom stereocenters. The van der Waals surface area contributed by atoms with Gasteiger partial charge in [0.15, 0.2) is 5.16 Å². The van der Waals surface area contributed by atoms with Crippen LogP contribution in [0.1, 0.15) is 23.9 Å². The van der Waals surface area contributed by atoms with E-state index in [1.165, 1.54) is 11.8 Å². The third-order valence-electron chi connectivity index (χ3n) is 2.89. The fourth-order valence-corrected chi connectivity index (χ4v) is 2.51. The molecule has 6 nitrogen and oxygen atoms in total. The number of nitrogen functional groups attached to an aromatic ring is 1. The minimum absolute atomic E-state index is 0.242. The van der Waals surface area contributed by atoms with Gasteiger partial charge in [0.1, 0.15) is 10.8 Å². The highest BCUT2D eigenvalue weighted by Crippen LogP contribution is 2.26. The molecule has 0 aliphatic heterocycles. The quantitative estimate of drug-likeness (QED) is 0.660. The second-order valence-electron chi connectivity index (χ2n) is 4.38. The van der Waals surface area contributed by atoms with E-state index < -0.39 is 0 Å². The van der Waals surface area contributed by atoms with Gasteiger partial charge in [0, 0.05) is 24.0 Å². The Labute approximate surface area is 122 Å². The number of anilines is 2. The van der Waals surface area contributed by atoms with Crippen LogP contribution in [0.4, 0.5) is 11.8 Å². The highest BCUT2D eigenvalue weighted by Gasteiger charge is 2.09. The minimum Gasteiger partial charge on any atom is -0.370 e. The Bertz CT molecular complexity index is 605. The zero-order valence-corrected chi connectivity index (χ0v) is 12.9. The first-order valence-electron chi connectivity index (χ1n) is 6.37. The molecule has 3 N–H and O–H groups in total. The van der Waals surface area contributed by atoms with Gasteiger partial charge in [-0.15, -0.1) is 0 Å². The molecular formula is C13H18N6S. The van der Waals surface area contributed by atoms with Gasteiger partial charge in [0.05, 0.1) is 0 Å². The van der Waals surface area contributed by atoms with Crippen molar-refractivity contribution in [2.75, 3.05) is 17.6 Å². The van der Waals surface area contributed by atoms with Crippen LogP contribution in [0, 0.1) is 20.8 Å². The first-order chi connectivity index (χ1) is 9.49. The maximum atomic E-state index is 5.71. The van der Waals surface area contributed by atoms with Crippen molar-refractivity contribution in [3.05, 3.63) is 23.0 Å². The normalized spacial score (nSPS) is 10.6. The van der Waals surface area contributed by atoms with Crippen LogP contribution >= 0.6 is 11.8 Å². The van der Waals surface area contributed by atoms with Crippen molar-refractivity contribution in [3.8, 4) is 0 Å². The summed E-state index contributed by atoms with van der Waals surface area (Å²) < 4.78 is 0. The molecule has 0 aromatic carbocycles. The van der Waals surface area contributed by atoms with Crippen LogP contribution in [0.2, 0.25) is 0 Å². The Morgan fingerprint density at radius 3 is 2.35 bits per heavy atom. The predicted molar refractivity (Wildman–Crippen MR) is 81.0 cm³/mol. The average molecular weight is 290 g/mol. The number of aromatic nitrogens is 4. The SMILES string of the molecule is CCNc1cc(Sc2nc(C)c(C)c(C)n2)nc(N)n1. The number of hydrogen-bond acceptors (Lipinski definition) is 7. The lowest BCUT2D eigenvalue weighted by Gasteiger charge is -2.08. The smallest absolute Gasteiger partial charge is 0.223 e. The van der Waals surface area contributed by atoms with Gasteiger partial charge in [0.25, 0.3) is 0 Å². The van der Waals surface area contributed by atoms with Crippen molar-refractivity contribution >= 4 is 23.5 Å². The molecule has 20 heavy (non-hydrogen) atoms. The maximum absolute atomic E-state index is 5.71. The van der Waals surface area contributed by atoms with Crippen molar-refractivity contribution in [2.45, 2.75) is 37.9 Å². The summed E-state index contributed by atoms with van der Waals surface area (Å²) >= 11 is 1.39. The Kier molecular flexibility index (Phi) is 4.39. The summed E-state index contributed by atoms with van der Waals surface area (Å²) in [5.74, 6) is 0.953. The largest absolute Gasteiger partial charge is 0.370 e. The highest BCUT2D eigenvalue weighted by atomic mass is 32.2. The second-order valence-corrected chi connectivity index (χ2v) is 5.37. The molecule has 0 fully saturated rings. The van der Waals surface area contributed by atoms with Crippen LogP contribution in [-0.4, -0.2) is 26.5 Å². The summed E-state index contributed by atoms with van der Waals surface area (Å²) in [6.45, 7) is 8.75. The van der Waals surface area contributed by atoms with E-state index in [4.69, 9.17) is 5.73 Å². The topological polar surface area (TPSA) is 89.6 Å². The number of rotatable bonds is 4. The third-order valence-corrected chi connectivity index (χ3v) is 3.67. The standard InChI is InChI=1S/C13H18N6S/c1-5-15-10-6-11(19-12(14)18-10)20-13-16-8(3)7(2)9(4)17-13/h6H,5H2,1-4H3,(H3,14,15,18,19).